The second kappa shape index (κ2) is 6.44. The van der Waals surface area contributed by atoms with E-state index in [1.54, 1.807) is 12.1 Å². The largest absolute Gasteiger partial charge is 0.374 e. The van der Waals surface area contributed by atoms with Crippen LogP contribution < -0.4 is 4.72 Å². The summed E-state index contributed by atoms with van der Waals surface area (Å²) in [5, 5.41) is 1.96. The number of sulfonamides is 1. The zero-order valence-corrected chi connectivity index (χ0v) is 14.3. The van der Waals surface area contributed by atoms with Gasteiger partial charge in [0.25, 0.3) is 0 Å². The smallest absolute Gasteiger partial charge is 0.240 e. The fraction of sp³-hybridized carbons (Fsp3) is 0.444. The molecule has 2 fully saturated rings. The number of fused-ring (bicyclic) bond motifs is 2. The molecule has 2 aliphatic rings. The SMILES string of the molecule is O=S(=O)(NC[C@@H]1CN2CCC[C@H]2CO1)c1ccc2ccccc2c1. The van der Waals surface area contributed by atoms with Gasteiger partial charge in [-0.15, -0.1) is 0 Å². The molecule has 24 heavy (non-hydrogen) atoms. The van der Waals surface area contributed by atoms with Gasteiger partial charge in [-0.1, -0.05) is 30.3 Å². The minimum atomic E-state index is -3.52. The number of nitrogens with one attached hydrogen (secondary N) is 1. The van der Waals surface area contributed by atoms with Crippen LogP contribution in [0.25, 0.3) is 10.8 Å². The van der Waals surface area contributed by atoms with Crippen molar-refractivity contribution in [3.8, 4) is 0 Å². The summed E-state index contributed by atoms with van der Waals surface area (Å²) in [5.41, 5.74) is 0. The molecule has 5 nitrogen and oxygen atoms in total. The quantitative estimate of drug-likeness (QED) is 0.920. The molecule has 128 valence electrons. The van der Waals surface area contributed by atoms with Gasteiger partial charge >= 0.3 is 0 Å². The molecule has 0 bridgehead atoms. The Kier molecular flexibility index (Phi) is 4.30. The van der Waals surface area contributed by atoms with Crippen LogP contribution in [0, 0.1) is 0 Å². The van der Waals surface area contributed by atoms with Gasteiger partial charge in [-0.05, 0) is 42.3 Å². The van der Waals surface area contributed by atoms with Crippen LogP contribution in [0.3, 0.4) is 0 Å². The first-order chi connectivity index (χ1) is 11.6. The summed E-state index contributed by atoms with van der Waals surface area (Å²) in [6.07, 6.45) is 2.33. The van der Waals surface area contributed by atoms with Crippen molar-refractivity contribution in [1.82, 2.24) is 9.62 Å². The van der Waals surface area contributed by atoms with Crippen molar-refractivity contribution >= 4 is 20.8 Å². The first-order valence-electron chi connectivity index (χ1n) is 8.46. The Balaban J connectivity index is 1.44. The molecule has 0 aromatic heterocycles. The summed E-state index contributed by atoms with van der Waals surface area (Å²) in [6, 6.07) is 13.5. The van der Waals surface area contributed by atoms with Gasteiger partial charge in [-0.2, -0.15) is 0 Å². The second-order valence-electron chi connectivity index (χ2n) is 6.61. The van der Waals surface area contributed by atoms with Crippen molar-refractivity contribution < 1.29 is 13.2 Å². The fourth-order valence-corrected chi connectivity index (χ4v) is 4.73. The average Bonchev–Trinajstić information content (AvgIpc) is 3.07. The molecule has 2 saturated heterocycles. The highest BCUT2D eigenvalue weighted by atomic mass is 32.2. The van der Waals surface area contributed by atoms with E-state index >= 15 is 0 Å². The predicted molar refractivity (Wildman–Crippen MR) is 93.5 cm³/mol. The highest BCUT2D eigenvalue weighted by molar-refractivity contribution is 7.89. The minimum Gasteiger partial charge on any atom is -0.374 e. The van der Waals surface area contributed by atoms with Gasteiger partial charge in [-0.3, -0.25) is 4.90 Å². The maximum Gasteiger partial charge on any atom is 0.240 e. The van der Waals surface area contributed by atoms with Gasteiger partial charge in [0.15, 0.2) is 0 Å². The van der Waals surface area contributed by atoms with Crippen LogP contribution in [0.1, 0.15) is 12.8 Å². The molecule has 6 heteroatoms. The first kappa shape index (κ1) is 16.0. The number of ether oxygens (including phenoxy) is 1. The van der Waals surface area contributed by atoms with Crippen molar-refractivity contribution in [3.05, 3.63) is 42.5 Å². The maximum absolute atomic E-state index is 12.6. The van der Waals surface area contributed by atoms with E-state index in [0.717, 1.165) is 23.9 Å². The average molecular weight is 346 g/mol. The lowest BCUT2D eigenvalue weighted by molar-refractivity contribution is -0.0449. The highest BCUT2D eigenvalue weighted by Crippen LogP contribution is 2.23. The van der Waals surface area contributed by atoms with Crippen LogP contribution in [0.15, 0.2) is 47.4 Å². The Morgan fingerprint density at radius 1 is 1.17 bits per heavy atom. The molecule has 0 saturated carbocycles. The number of hydrogen-bond acceptors (Lipinski definition) is 4. The van der Waals surface area contributed by atoms with Gasteiger partial charge in [-0.25, -0.2) is 13.1 Å². The topological polar surface area (TPSA) is 58.6 Å². The van der Waals surface area contributed by atoms with Crippen molar-refractivity contribution in [3.63, 3.8) is 0 Å². The zero-order chi connectivity index (χ0) is 16.6. The third-order valence-electron chi connectivity index (χ3n) is 4.99. The lowest BCUT2D eigenvalue weighted by Crippen LogP contribution is -2.50. The van der Waals surface area contributed by atoms with E-state index in [4.69, 9.17) is 4.74 Å². The summed E-state index contributed by atoms with van der Waals surface area (Å²) in [7, 11) is -3.52. The number of nitrogens with zero attached hydrogens (tertiary/aromatic N) is 1. The molecular formula is C18H22N2O3S. The molecule has 2 aromatic carbocycles. The third kappa shape index (κ3) is 3.19. The molecule has 0 radical (unpaired) electrons. The number of rotatable bonds is 4. The fourth-order valence-electron chi connectivity index (χ4n) is 3.63. The van der Waals surface area contributed by atoms with Gasteiger partial charge in [0.05, 0.1) is 17.6 Å². The first-order valence-corrected chi connectivity index (χ1v) is 9.94. The highest BCUT2D eigenvalue weighted by Gasteiger charge is 2.32. The van der Waals surface area contributed by atoms with Crippen molar-refractivity contribution in [1.29, 1.82) is 0 Å². The van der Waals surface area contributed by atoms with E-state index in [-0.39, 0.29) is 6.10 Å². The normalized spacial score (nSPS) is 25.0. The monoisotopic (exact) mass is 346 g/mol. The minimum absolute atomic E-state index is 0.0745. The van der Waals surface area contributed by atoms with Crippen LogP contribution in [-0.4, -0.2) is 51.7 Å². The molecule has 1 N–H and O–H groups in total. The Hall–Kier alpha value is -1.47. The molecule has 2 aromatic rings. The molecular weight excluding hydrogens is 324 g/mol. The van der Waals surface area contributed by atoms with E-state index in [2.05, 4.69) is 9.62 Å². The second-order valence-corrected chi connectivity index (χ2v) is 8.37. The molecule has 4 rings (SSSR count). The summed E-state index contributed by atoms with van der Waals surface area (Å²) in [4.78, 5) is 2.72. The van der Waals surface area contributed by atoms with Crippen LogP contribution >= 0.6 is 0 Å². The lowest BCUT2D eigenvalue weighted by Gasteiger charge is -2.35. The van der Waals surface area contributed by atoms with E-state index in [9.17, 15) is 8.42 Å². The third-order valence-corrected chi connectivity index (χ3v) is 6.42. The van der Waals surface area contributed by atoms with Gasteiger partial charge in [0.1, 0.15) is 0 Å². The Bertz CT molecular complexity index is 837. The molecule has 2 heterocycles. The van der Waals surface area contributed by atoms with Gasteiger partial charge < -0.3 is 4.74 Å². The van der Waals surface area contributed by atoms with Gasteiger partial charge in [0.2, 0.25) is 10.0 Å². The molecule has 0 unspecified atom stereocenters. The predicted octanol–water partition coefficient (Wildman–Crippen LogP) is 1.98. The molecule has 0 amide bonds. The number of hydrogen-bond donors (Lipinski definition) is 1. The van der Waals surface area contributed by atoms with Crippen LogP contribution in [0.2, 0.25) is 0 Å². The Morgan fingerprint density at radius 2 is 2.00 bits per heavy atom. The molecule has 2 aliphatic heterocycles. The van der Waals surface area contributed by atoms with E-state index in [0.29, 0.717) is 24.1 Å². The van der Waals surface area contributed by atoms with Gasteiger partial charge in [0, 0.05) is 19.1 Å². The van der Waals surface area contributed by atoms with Crippen molar-refractivity contribution in [2.24, 2.45) is 0 Å². The summed E-state index contributed by atoms with van der Waals surface area (Å²) >= 11 is 0. The molecule has 0 aliphatic carbocycles. The lowest BCUT2D eigenvalue weighted by atomic mass is 10.1. The Labute approximate surface area is 142 Å². The summed E-state index contributed by atoms with van der Waals surface area (Å²) in [5.74, 6) is 0. The molecule has 0 spiro atoms. The van der Waals surface area contributed by atoms with E-state index < -0.39 is 10.0 Å². The van der Waals surface area contributed by atoms with E-state index in [1.807, 2.05) is 30.3 Å². The number of morpholine rings is 1. The Morgan fingerprint density at radius 3 is 2.88 bits per heavy atom. The maximum atomic E-state index is 12.6. The molecule has 2 atom stereocenters. The van der Waals surface area contributed by atoms with Crippen LogP contribution in [-0.2, 0) is 14.8 Å². The van der Waals surface area contributed by atoms with Crippen LogP contribution in [0.5, 0.6) is 0 Å². The van der Waals surface area contributed by atoms with E-state index in [1.165, 1.54) is 12.8 Å². The summed E-state index contributed by atoms with van der Waals surface area (Å²) in [6.45, 7) is 2.94. The zero-order valence-electron chi connectivity index (χ0n) is 13.5. The van der Waals surface area contributed by atoms with Crippen molar-refractivity contribution in [2.45, 2.75) is 29.9 Å². The number of benzene rings is 2. The van der Waals surface area contributed by atoms with Crippen LogP contribution in [0.4, 0.5) is 0 Å². The summed E-state index contributed by atoms with van der Waals surface area (Å²) < 4.78 is 33.7. The van der Waals surface area contributed by atoms with Crippen molar-refractivity contribution in [2.75, 3.05) is 26.2 Å². The standard InChI is InChI=1S/C18H22N2O3S/c21-24(22,18-8-7-14-4-1-2-5-15(14)10-18)19-11-17-12-20-9-3-6-16(20)13-23-17/h1-2,4-5,7-8,10,16-17,19H,3,6,9,11-13H2/t16-,17+/m0/s1.